The first-order valence-electron chi connectivity index (χ1n) is 9.15. The summed E-state index contributed by atoms with van der Waals surface area (Å²) in [4.78, 5) is 38.2. The molecule has 1 aromatic carbocycles. The zero-order valence-electron chi connectivity index (χ0n) is 16.8. The van der Waals surface area contributed by atoms with Gasteiger partial charge in [-0.3, -0.25) is 14.4 Å². The van der Waals surface area contributed by atoms with Crippen molar-refractivity contribution in [3.8, 4) is 12.3 Å². The molecule has 0 spiro atoms. The van der Waals surface area contributed by atoms with Gasteiger partial charge in [0, 0.05) is 30.9 Å². The minimum atomic E-state index is -1.10. The Morgan fingerprint density at radius 2 is 1.90 bits per heavy atom. The second-order valence-electron chi connectivity index (χ2n) is 7.42. The van der Waals surface area contributed by atoms with E-state index in [2.05, 4.69) is 11.2 Å². The van der Waals surface area contributed by atoms with Crippen LogP contribution in [0, 0.1) is 43.2 Å². The van der Waals surface area contributed by atoms with Crippen LogP contribution in [-0.4, -0.2) is 35.3 Å². The van der Waals surface area contributed by atoms with Gasteiger partial charge in [0.25, 0.3) is 5.91 Å². The third-order valence-corrected chi connectivity index (χ3v) is 5.37. The second kappa shape index (κ2) is 7.84. The van der Waals surface area contributed by atoms with E-state index in [1.54, 1.807) is 20.9 Å². The summed E-state index contributed by atoms with van der Waals surface area (Å²) in [6, 6.07) is 2.97. The summed E-state index contributed by atoms with van der Waals surface area (Å²) in [5.74, 6) is -1.61. The maximum atomic E-state index is 13.4. The molecule has 1 saturated heterocycles. The predicted molar refractivity (Wildman–Crippen MR) is 105 cm³/mol. The molecule has 0 bridgehead atoms. The number of hydrogen-bond acceptors (Lipinski definition) is 4. The number of ketones is 2. The lowest BCUT2D eigenvalue weighted by molar-refractivity contribution is -0.126. The molecule has 2 aromatic rings. The minimum absolute atomic E-state index is 0.0575. The van der Waals surface area contributed by atoms with Crippen LogP contribution in [0.3, 0.4) is 0 Å². The van der Waals surface area contributed by atoms with Gasteiger partial charge in [-0.05, 0) is 31.5 Å². The molecule has 1 amide bonds. The number of anilines is 1. The van der Waals surface area contributed by atoms with E-state index in [1.807, 2.05) is 0 Å². The van der Waals surface area contributed by atoms with Gasteiger partial charge >= 0.3 is 0 Å². The monoisotopic (exact) mass is 414 g/mol. The Hall–Kier alpha value is -3.31. The Labute approximate surface area is 172 Å². The lowest BCUT2D eigenvalue weighted by Crippen LogP contribution is -2.44. The van der Waals surface area contributed by atoms with Crippen LogP contribution in [0.5, 0.6) is 0 Å². The van der Waals surface area contributed by atoms with Crippen molar-refractivity contribution in [2.24, 2.45) is 12.5 Å². The van der Waals surface area contributed by atoms with Gasteiger partial charge in [-0.2, -0.15) is 0 Å². The molecule has 0 atom stereocenters. The highest BCUT2D eigenvalue weighted by atomic mass is 19.2. The number of hydrogen-bond donors (Lipinski definition) is 1. The van der Waals surface area contributed by atoms with Crippen molar-refractivity contribution < 1.29 is 27.9 Å². The fraction of sp³-hybridized carbons (Fsp3) is 0.318. The Morgan fingerprint density at radius 3 is 2.43 bits per heavy atom. The van der Waals surface area contributed by atoms with Crippen molar-refractivity contribution in [1.29, 1.82) is 0 Å². The number of amides is 1. The number of aromatic nitrogens is 1. The van der Waals surface area contributed by atoms with Crippen molar-refractivity contribution >= 4 is 23.2 Å². The van der Waals surface area contributed by atoms with Gasteiger partial charge in [-0.25, -0.2) is 8.78 Å². The van der Waals surface area contributed by atoms with Gasteiger partial charge < -0.3 is 14.6 Å². The SMILES string of the molecule is C#CC1(CC(=O)C(=O)c2c(C)c(C(=O)Nc3ccc(F)c(F)c3)n(C)c2C)COC1. The molecule has 156 valence electrons. The topological polar surface area (TPSA) is 77.4 Å². The molecule has 3 rings (SSSR count). The van der Waals surface area contributed by atoms with Crippen LogP contribution >= 0.6 is 0 Å². The van der Waals surface area contributed by atoms with Gasteiger partial charge in [0.05, 0.1) is 24.2 Å². The zero-order chi connectivity index (χ0) is 22.2. The number of terminal acetylenes is 1. The lowest BCUT2D eigenvalue weighted by atomic mass is 9.80. The number of rotatable bonds is 6. The average Bonchev–Trinajstić information content (AvgIpc) is 2.89. The zero-order valence-corrected chi connectivity index (χ0v) is 16.8. The maximum absolute atomic E-state index is 13.4. The van der Waals surface area contributed by atoms with Gasteiger partial charge in [0.15, 0.2) is 11.6 Å². The molecule has 1 fully saturated rings. The molecule has 0 radical (unpaired) electrons. The molecule has 1 N–H and O–H groups in total. The fourth-order valence-electron chi connectivity index (χ4n) is 3.51. The van der Waals surface area contributed by atoms with Gasteiger partial charge in [0.1, 0.15) is 5.69 Å². The van der Waals surface area contributed by atoms with Crippen LogP contribution in [0.2, 0.25) is 0 Å². The Balaban J connectivity index is 1.88. The summed E-state index contributed by atoms with van der Waals surface area (Å²) in [6.07, 6.45) is 5.34. The maximum Gasteiger partial charge on any atom is 0.272 e. The lowest BCUT2D eigenvalue weighted by Gasteiger charge is -2.35. The van der Waals surface area contributed by atoms with Crippen molar-refractivity contribution in [3.05, 3.63) is 52.3 Å². The first-order valence-corrected chi connectivity index (χ1v) is 9.15. The van der Waals surface area contributed by atoms with E-state index in [4.69, 9.17) is 11.2 Å². The number of halogens is 2. The highest BCUT2D eigenvalue weighted by molar-refractivity contribution is 6.44. The third-order valence-electron chi connectivity index (χ3n) is 5.37. The third kappa shape index (κ3) is 3.64. The molecule has 1 aliphatic rings. The summed E-state index contributed by atoms with van der Waals surface area (Å²) in [7, 11) is 1.58. The normalized spacial score (nSPS) is 14.5. The van der Waals surface area contributed by atoms with Crippen LogP contribution in [0.25, 0.3) is 0 Å². The van der Waals surface area contributed by atoms with Crippen molar-refractivity contribution in [3.63, 3.8) is 0 Å². The van der Waals surface area contributed by atoms with Crippen LogP contribution in [0.1, 0.15) is 38.5 Å². The largest absolute Gasteiger partial charge is 0.378 e. The minimum Gasteiger partial charge on any atom is -0.378 e. The number of nitrogens with one attached hydrogen (secondary N) is 1. The first kappa shape index (κ1) is 21.4. The van der Waals surface area contributed by atoms with E-state index in [1.165, 1.54) is 10.6 Å². The summed E-state index contributed by atoms with van der Waals surface area (Å²) in [6.45, 7) is 3.61. The number of nitrogens with zero attached hydrogens (tertiary/aromatic N) is 1. The van der Waals surface area contributed by atoms with E-state index < -0.39 is 34.5 Å². The molecule has 8 heteroatoms. The van der Waals surface area contributed by atoms with Crippen molar-refractivity contribution in [1.82, 2.24) is 4.57 Å². The molecule has 1 aliphatic heterocycles. The highest BCUT2D eigenvalue weighted by Gasteiger charge is 2.41. The molecular weight excluding hydrogens is 394 g/mol. The van der Waals surface area contributed by atoms with Gasteiger partial charge in [-0.15, -0.1) is 6.42 Å². The summed E-state index contributed by atoms with van der Waals surface area (Å²) < 4.78 is 33.1. The molecule has 30 heavy (non-hydrogen) atoms. The van der Waals surface area contributed by atoms with E-state index in [0.717, 1.165) is 12.1 Å². The van der Waals surface area contributed by atoms with Crippen molar-refractivity contribution in [2.75, 3.05) is 18.5 Å². The number of Topliss-reactive ketones (excluding diaryl/α,β-unsaturated/α-hetero) is 2. The molecule has 2 heterocycles. The molecule has 0 aliphatic carbocycles. The number of ether oxygens (including phenoxy) is 1. The number of carbonyl (C=O) groups excluding carboxylic acids is 3. The Bertz CT molecular complexity index is 1110. The van der Waals surface area contributed by atoms with Crippen LogP contribution < -0.4 is 5.32 Å². The second-order valence-corrected chi connectivity index (χ2v) is 7.42. The van der Waals surface area contributed by atoms with E-state index in [9.17, 15) is 23.2 Å². The number of benzene rings is 1. The summed E-state index contributed by atoms with van der Waals surface area (Å²) in [5, 5.41) is 2.48. The Morgan fingerprint density at radius 1 is 1.23 bits per heavy atom. The first-order chi connectivity index (χ1) is 14.1. The Kier molecular flexibility index (Phi) is 5.59. The molecule has 6 nitrogen and oxygen atoms in total. The van der Waals surface area contributed by atoms with Gasteiger partial charge in [-0.1, -0.05) is 5.92 Å². The fourth-order valence-corrected chi connectivity index (χ4v) is 3.51. The number of carbonyl (C=O) groups is 3. The van der Waals surface area contributed by atoms with Crippen LogP contribution in [-0.2, 0) is 16.6 Å². The summed E-state index contributed by atoms with van der Waals surface area (Å²) in [5.41, 5.74) is 0.296. The van der Waals surface area contributed by atoms with Crippen molar-refractivity contribution in [2.45, 2.75) is 20.3 Å². The molecule has 1 aromatic heterocycles. The average molecular weight is 414 g/mol. The predicted octanol–water partition coefficient (Wildman–Crippen LogP) is 2.96. The quantitative estimate of drug-likeness (QED) is 0.448. The van der Waals surface area contributed by atoms with E-state index in [0.29, 0.717) is 11.3 Å². The van der Waals surface area contributed by atoms with Crippen LogP contribution in [0.4, 0.5) is 14.5 Å². The van der Waals surface area contributed by atoms with E-state index in [-0.39, 0.29) is 36.6 Å². The molecule has 0 saturated carbocycles. The molecular formula is C22H20F2N2O4. The van der Waals surface area contributed by atoms with Crippen LogP contribution in [0.15, 0.2) is 18.2 Å². The highest BCUT2D eigenvalue weighted by Crippen LogP contribution is 2.32. The summed E-state index contributed by atoms with van der Waals surface area (Å²) >= 11 is 0. The smallest absolute Gasteiger partial charge is 0.272 e. The van der Waals surface area contributed by atoms with E-state index >= 15 is 0 Å². The standard InChI is InChI=1S/C22H20F2N2O4/c1-5-22(10-30-11-22)9-17(27)20(28)18-12(2)19(26(4)13(18)3)21(29)25-14-6-7-15(23)16(24)8-14/h1,6-8H,9-11H2,2-4H3,(H,25,29). The van der Waals surface area contributed by atoms with Gasteiger partial charge in [0.2, 0.25) is 11.6 Å². The molecule has 0 unspecified atom stereocenters.